The van der Waals surface area contributed by atoms with Crippen molar-refractivity contribution in [3.05, 3.63) is 35.1 Å². The number of aromatic amines is 1. The predicted molar refractivity (Wildman–Crippen MR) is 82.8 cm³/mol. The molecule has 0 spiro atoms. The van der Waals surface area contributed by atoms with Crippen LogP contribution in [0.5, 0.6) is 0 Å². The molecular formula is C14H14N6OS. The topological polar surface area (TPSA) is 88.5 Å². The van der Waals surface area contributed by atoms with Crippen molar-refractivity contribution >= 4 is 23.2 Å². The van der Waals surface area contributed by atoms with Crippen LogP contribution < -0.4 is 5.32 Å². The van der Waals surface area contributed by atoms with Gasteiger partial charge in [0.25, 0.3) is 5.91 Å². The van der Waals surface area contributed by atoms with Gasteiger partial charge in [0.1, 0.15) is 17.2 Å². The lowest BCUT2D eigenvalue weighted by atomic mass is 10.3. The summed E-state index contributed by atoms with van der Waals surface area (Å²) in [5, 5.41) is 16.0. The average Bonchev–Trinajstić information content (AvgIpc) is 2.94. The molecule has 2 N–H and O–H groups in total. The SMILES string of the molecule is Cn1nc(-c2cccs2)cc1C(=O)Nc1n[nH]c(C2CC2)n1. The van der Waals surface area contributed by atoms with Crippen molar-refractivity contribution in [2.45, 2.75) is 18.8 Å². The van der Waals surface area contributed by atoms with Crippen LogP contribution >= 0.6 is 11.3 Å². The molecule has 1 fully saturated rings. The molecule has 7 nitrogen and oxygen atoms in total. The van der Waals surface area contributed by atoms with Crippen molar-refractivity contribution in [3.63, 3.8) is 0 Å². The molecule has 3 heterocycles. The molecular weight excluding hydrogens is 300 g/mol. The number of carbonyl (C=O) groups excluding carboxylic acids is 1. The van der Waals surface area contributed by atoms with Gasteiger partial charge in [-0.15, -0.1) is 16.4 Å². The van der Waals surface area contributed by atoms with E-state index >= 15 is 0 Å². The highest BCUT2D eigenvalue weighted by Crippen LogP contribution is 2.38. The highest BCUT2D eigenvalue weighted by Gasteiger charge is 2.27. The molecule has 3 aromatic rings. The molecule has 1 saturated carbocycles. The van der Waals surface area contributed by atoms with E-state index in [1.54, 1.807) is 29.1 Å². The van der Waals surface area contributed by atoms with Gasteiger partial charge >= 0.3 is 0 Å². The average molecular weight is 314 g/mol. The Labute approximate surface area is 130 Å². The van der Waals surface area contributed by atoms with Crippen molar-refractivity contribution in [2.75, 3.05) is 5.32 Å². The van der Waals surface area contributed by atoms with E-state index in [-0.39, 0.29) is 5.91 Å². The Kier molecular flexibility index (Phi) is 3.04. The minimum Gasteiger partial charge on any atom is -0.288 e. The number of aryl methyl sites for hydroxylation is 1. The van der Waals surface area contributed by atoms with E-state index in [2.05, 4.69) is 25.6 Å². The second-order valence-electron chi connectivity index (χ2n) is 5.29. The van der Waals surface area contributed by atoms with Crippen molar-refractivity contribution in [3.8, 4) is 10.6 Å². The Balaban J connectivity index is 1.54. The number of hydrogen-bond donors (Lipinski definition) is 2. The van der Waals surface area contributed by atoms with Gasteiger partial charge in [0.05, 0.1) is 4.88 Å². The maximum atomic E-state index is 12.4. The number of amides is 1. The summed E-state index contributed by atoms with van der Waals surface area (Å²) >= 11 is 1.59. The first-order valence-electron chi connectivity index (χ1n) is 7.02. The van der Waals surface area contributed by atoms with Crippen molar-refractivity contribution in [2.24, 2.45) is 7.05 Å². The summed E-state index contributed by atoms with van der Waals surface area (Å²) in [6, 6.07) is 5.71. The number of rotatable bonds is 4. The van der Waals surface area contributed by atoms with Gasteiger partial charge < -0.3 is 0 Å². The van der Waals surface area contributed by atoms with Crippen LogP contribution in [0.25, 0.3) is 10.6 Å². The Morgan fingerprint density at radius 1 is 1.50 bits per heavy atom. The molecule has 0 bridgehead atoms. The number of aromatic nitrogens is 5. The van der Waals surface area contributed by atoms with Crippen LogP contribution in [-0.4, -0.2) is 30.9 Å². The lowest BCUT2D eigenvalue weighted by Gasteiger charge is -2.00. The highest BCUT2D eigenvalue weighted by atomic mass is 32.1. The number of thiophene rings is 1. The van der Waals surface area contributed by atoms with Gasteiger partial charge in [-0.25, -0.2) is 0 Å². The van der Waals surface area contributed by atoms with E-state index in [0.717, 1.165) is 29.2 Å². The van der Waals surface area contributed by atoms with Crippen LogP contribution in [-0.2, 0) is 7.05 Å². The number of nitrogens with zero attached hydrogens (tertiary/aromatic N) is 4. The third kappa shape index (κ3) is 2.41. The molecule has 0 aromatic carbocycles. The Morgan fingerprint density at radius 2 is 2.36 bits per heavy atom. The first-order valence-corrected chi connectivity index (χ1v) is 7.90. The van der Waals surface area contributed by atoms with Crippen LogP contribution in [0, 0.1) is 0 Å². The van der Waals surface area contributed by atoms with Gasteiger partial charge in [0.15, 0.2) is 0 Å². The van der Waals surface area contributed by atoms with Crippen LogP contribution in [0.4, 0.5) is 5.95 Å². The largest absolute Gasteiger partial charge is 0.288 e. The molecule has 8 heteroatoms. The smallest absolute Gasteiger partial charge is 0.276 e. The van der Waals surface area contributed by atoms with E-state index in [0.29, 0.717) is 17.6 Å². The normalized spacial score (nSPS) is 14.2. The molecule has 112 valence electrons. The first kappa shape index (κ1) is 13.2. The zero-order valence-corrected chi connectivity index (χ0v) is 12.7. The molecule has 1 aliphatic carbocycles. The Morgan fingerprint density at radius 3 is 3.09 bits per heavy atom. The zero-order valence-electron chi connectivity index (χ0n) is 11.9. The second-order valence-corrected chi connectivity index (χ2v) is 6.24. The van der Waals surface area contributed by atoms with Gasteiger partial charge in [-0.2, -0.15) is 10.1 Å². The van der Waals surface area contributed by atoms with Gasteiger partial charge in [-0.1, -0.05) is 6.07 Å². The third-order valence-corrected chi connectivity index (χ3v) is 4.47. The molecule has 0 aliphatic heterocycles. The molecule has 22 heavy (non-hydrogen) atoms. The summed E-state index contributed by atoms with van der Waals surface area (Å²) in [6.07, 6.45) is 2.27. The fraction of sp³-hybridized carbons (Fsp3) is 0.286. The molecule has 0 atom stereocenters. The zero-order chi connectivity index (χ0) is 15.1. The summed E-state index contributed by atoms with van der Waals surface area (Å²) in [7, 11) is 1.75. The van der Waals surface area contributed by atoms with E-state index in [4.69, 9.17) is 0 Å². The maximum absolute atomic E-state index is 12.4. The molecule has 0 radical (unpaired) electrons. The lowest BCUT2D eigenvalue weighted by molar-refractivity contribution is 0.101. The van der Waals surface area contributed by atoms with E-state index < -0.39 is 0 Å². The van der Waals surface area contributed by atoms with Gasteiger partial charge in [0, 0.05) is 13.0 Å². The number of anilines is 1. The lowest BCUT2D eigenvalue weighted by Crippen LogP contribution is -2.16. The van der Waals surface area contributed by atoms with Crippen LogP contribution in [0.15, 0.2) is 23.6 Å². The number of H-pyrrole nitrogens is 1. The summed E-state index contributed by atoms with van der Waals surface area (Å²) in [6.45, 7) is 0. The Hall–Kier alpha value is -2.48. The minimum atomic E-state index is -0.265. The second kappa shape index (κ2) is 5.06. The monoisotopic (exact) mass is 314 g/mol. The van der Waals surface area contributed by atoms with Gasteiger partial charge in [0.2, 0.25) is 5.95 Å². The van der Waals surface area contributed by atoms with Gasteiger partial charge in [-0.05, 0) is 30.4 Å². The standard InChI is InChI=1S/C14H14N6OS/c1-20-10(7-9(19-20)11-3-2-6-22-11)13(21)16-14-15-12(17-18-14)8-4-5-8/h2-3,6-8H,4-5H2,1H3,(H2,15,16,17,18,21). The van der Waals surface area contributed by atoms with Crippen LogP contribution in [0.2, 0.25) is 0 Å². The summed E-state index contributed by atoms with van der Waals surface area (Å²) < 4.78 is 1.57. The molecule has 0 saturated heterocycles. The summed E-state index contributed by atoms with van der Waals surface area (Å²) in [5.74, 6) is 1.37. The summed E-state index contributed by atoms with van der Waals surface area (Å²) in [5.41, 5.74) is 1.26. The van der Waals surface area contributed by atoms with E-state index in [9.17, 15) is 4.79 Å². The van der Waals surface area contributed by atoms with E-state index in [1.807, 2.05) is 17.5 Å². The predicted octanol–water partition coefficient (Wildman–Crippen LogP) is 2.40. The fourth-order valence-corrected chi connectivity index (χ4v) is 2.94. The maximum Gasteiger partial charge on any atom is 0.276 e. The van der Waals surface area contributed by atoms with Crippen molar-refractivity contribution in [1.82, 2.24) is 25.0 Å². The quantitative estimate of drug-likeness (QED) is 0.774. The minimum absolute atomic E-state index is 0.265. The molecule has 1 aliphatic rings. The van der Waals surface area contributed by atoms with Crippen LogP contribution in [0.3, 0.4) is 0 Å². The highest BCUT2D eigenvalue weighted by molar-refractivity contribution is 7.13. The third-order valence-electron chi connectivity index (χ3n) is 3.58. The Bertz CT molecular complexity index is 814. The summed E-state index contributed by atoms with van der Waals surface area (Å²) in [4.78, 5) is 17.7. The van der Waals surface area contributed by atoms with Crippen molar-refractivity contribution in [1.29, 1.82) is 0 Å². The molecule has 1 amide bonds. The van der Waals surface area contributed by atoms with E-state index in [1.165, 1.54) is 0 Å². The number of carbonyl (C=O) groups is 1. The molecule has 0 unspecified atom stereocenters. The first-order chi connectivity index (χ1) is 10.7. The molecule has 4 rings (SSSR count). The van der Waals surface area contributed by atoms with Crippen LogP contribution in [0.1, 0.15) is 35.1 Å². The molecule has 3 aromatic heterocycles. The van der Waals surface area contributed by atoms with Crippen molar-refractivity contribution < 1.29 is 4.79 Å². The van der Waals surface area contributed by atoms with Gasteiger partial charge in [-0.3, -0.25) is 19.9 Å². The number of nitrogens with one attached hydrogen (secondary N) is 2. The number of hydrogen-bond acceptors (Lipinski definition) is 5. The fourth-order valence-electron chi connectivity index (χ4n) is 2.26.